The smallest absolute Gasteiger partial charge is 0.283 e. The first-order valence-electron chi connectivity index (χ1n) is 5.25. The number of nitro groups is 1. The van der Waals surface area contributed by atoms with Gasteiger partial charge in [-0.3, -0.25) is 10.1 Å². The summed E-state index contributed by atoms with van der Waals surface area (Å²) in [6.45, 7) is 0. The van der Waals surface area contributed by atoms with Crippen LogP contribution in [0.4, 0.5) is 5.69 Å². The first-order valence-corrected chi connectivity index (χ1v) is 6.07. The second-order valence-corrected chi connectivity index (χ2v) is 4.76. The number of benzene rings is 2. The van der Waals surface area contributed by atoms with Gasteiger partial charge >= 0.3 is 0 Å². The highest BCUT2D eigenvalue weighted by Gasteiger charge is 2.15. The average Bonchev–Trinajstić information content (AvgIpc) is 2.41. The Kier molecular flexibility index (Phi) is 3.68. The molecule has 0 saturated heterocycles. The summed E-state index contributed by atoms with van der Waals surface area (Å²) in [4.78, 5) is 11.6. The standard InChI is InChI=1S/C13H8N2O3S/c14-8-9-1-6-12(15(17)18)13(7-9)19-11-4-2-10(16)3-5-11/h1-7,16H. The highest BCUT2D eigenvalue weighted by Crippen LogP contribution is 2.35. The predicted molar refractivity (Wildman–Crippen MR) is 70.0 cm³/mol. The molecular weight excluding hydrogens is 264 g/mol. The zero-order chi connectivity index (χ0) is 13.8. The van der Waals surface area contributed by atoms with Crippen molar-refractivity contribution in [3.05, 3.63) is 58.1 Å². The van der Waals surface area contributed by atoms with Crippen molar-refractivity contribution in [3.63, 3.8) is 0 Å². The summed E-state index contributed by atoms with van der Waals surface area (Å²) in [5, 5.41) is 29.0. The number of nitrogens with zero attached hydrogens (tertiary/aromatic N) is 2. The van der Waals surface area contributed by atoms with Crippen molar-refractivity contribution in [1.82, 2.24) is 0 Å². The fourth-order valence-corrected chi connectivity index (χ4v) is 2.42. The molecule has 2 aromatic carbocycles. The third-order valence-corrected chi connectivity index (χ3v) is 3.40. The molecule has 2 aromatic rings. The third-order valence-electron chi connectivity index (χ3n) is 2.35. The van der Waals surface area contributed by atoms with Crippen molar-refractivity contribution >= 4 is 17.4 Å². The monoisotopic (exact) mass is 272 g/mol. The van der Waals surface area contributed by atoms with Crippen molar-refractivity contribution in [2.75, 3.05) is 0 Å². The summed E-state index contributed by atoms with van der Waals surface area (Å²) in [6.07, 6.45) is 0. The van der Waals surface area contributed by atoms with Crippen LogP contribution >= 0.6 is 11.8 Å². The molecule has 6 heteroatoms. The van der Waals surface area contributed by atoms with Crippen molar-refractivity contribution < 1.29 is 10.0 Å². The van der Waals surface area contributed by atoms with E-state index in [1.807, 2.05) is 6.07 Å². The van der Waals surface area contributed by atoms with E-state index in [9.17, 15) is 15.2 Å². The number of hydrogen-bond donors (Lipinski definition) is 1. The molecule has 0 fully saturated rings. The van der Waals surface area contributed by atoms with Crippen LogP contribution in [-0.2, 0) is 0 Å². The molecule has 2 rings (SSSR count). The van der Waals surface area contributed by atoms with E-state index >= 15 is 0 Å². The van der Waals surface area contributed by atoms with E-state index < -0.39 is 4.92 Å². The third kappa shape index (κ3) is 3.03. The van der Waals surface area contributed by atoms with Gasteiger partial charge in [-0.2, -0.15) is 5.26 Å². The Balaban J connectivity index is 2.40. The lowest BCUT2D eigenvalue weighted by Crippen LogP contribution is -1.91. The molecule has 19 heavy (non-hydrogen) atoms. The molecule has 94 valence electrons. The van der Waals surface area contributed by atoms with E-state index in [0.29, 0.717) is 10.5 Å². The Morgan fingerprint density at radius 1 is 1.21 bits per heavy atom. The summed E-state index contributed by atoms with van der Waals surface area (Å²) in [6, 6.07) is 12.5. The van der Waals surface area contributed by atoms with Crippen LogP contribution in [0.25, 0.3) is 0 Å². The van der Waals surface area contributed by atoms with Crippen molar-refractivity contribution in [1.29, 1.82) is 5.26 Å². The Labute approximate surface area is 113 Å². The minimum atomic E-state index is -0.482. The van der Waals surface area contributed by atoms with Crippen LogP contribution in [0.3, 0.4) is 0 Å². The van der Waals surface area contributed by atoms with Gasteiger partial charge in [0.1, 0.15) is 5.75 Å². The predicted octanol–water partition coefficient (Wildman–Crippen LogP) is 3.32. The normalized spacial score (nSPS) is 9.84. The molecule has 0 unspecified atom stereocenters. The summed E-state index contributed by atoms with van der Waals surface area (Å²) >= 11 is 1.18. The van der Waals surface area contributed by atoms with Gasteiger partial charge in [-0.25, -0.2) is 0 Å². The van der Waals surface area contributed by atoms with E-state index in [2.05, 4.69) is 0 Å². The Hall–Kier alpha value is -2.52. The van der Waals surface area contributed by atoms with Gasteiger partial charge in [0.05, 0.1) is 21.5 Å². The molecule has 0 aromatic heterocycles. The molecule has 0 amide bonds. The molecule has 0 aliphatic carbocycles. The SMILES string of the molecule is N#Cc1ccc([N+](=O)[O-])c(Sc2ccc(O)cc2)c1. The average molecular weight is 272 g/mol. The second kappa shape index (κ2) is 5.42. The summed E-state index contributed by atoms with van der Waals surface area (Å²) in [5.41, 5.74) is 0.323. The van der Waals surface area contributed by atoms with Gasteiger partial charge < -0.3 is 5.11 Å². The van der Waals surface area contributed by atoms with Crippen LogP contribution < -0.4 is 0 Å². The van der Waals surface area contributed by atoms with Crippen molar-refractivity contribution in [3.8, 4) is 11.8 Å². The van der Waals surface area contributed by atoms with Gasteiger partial charge in [0.15, 0.2) is 0 Å². The Morgan fingerprint density at radius 3 is 2.47 bits per heavy atom. The topological polar surface area (TPSA) is 87.2 Å². The van der Waals surface area contributed by atoms with E-state index in [0.717, 1.165) is 4.90 Å². The zero-order valence-electron chi connectivity index (χ0n) is 9.61. The van der Waals surface area contributed by atoms with E-state index in [1.54, 1.807) is 12.1 Å². The van der Waals surface area contributed by atoms with Crippen LogP contribution in [0.2, 0.25) is 0 Å². The van der Waals surface area contributed by atoms with E-state index in [4.69, 9.17) is 5.26 Å². The number of phenolic OH excluding ortho intramolecular Hbond substituents is 1. The number of phenols is 1. The molecule has 0 heterocycles. The highest BCUT2D eigenvalue weighted by molar-refractivity contribution is 7.99. The fourth-order valence-electron chi connectivity index (χ4n) is 1.46. The highest BCUT2D eigenvalue weighted by atomic mass is 32.2. The van der Waals surface area contributed by atoms with Crippen molar-refractivity contribution in [2.45, 2.75) is 9.79 Å². The summed E-state index contributed by atoms with van der Waals surface area (Å²) in [7, 11) is 0. The number of nitro benzene ring substituents is 1. The molecule has 0 radical (unpaired) electrons. The van der Waals surface area contributed by atoms with Gasteiger partial charge in [-0.15, -0.1) is 0 Å². The molecule has 1 N–H and O–H groups in total. The van der Waals surface area contributed by atoms with E-state index in [-0.39, 0.29) is 11.4 Å². The van der Waals surface area contributed by atoms with Gasteiger partial charge in [0, 0.05) is 11.0 Å². The number of rotatable bonds is 3. The molecule has 0 atom stereocenters. The maximum absolute atomic E-state index is 10.9. The molecule has 0 aliphatic rings. The molecule has 0 bridgehead atoms. The quantitative estimate of drug-likeness (QED) is 0.684. The minimum Gasteiger partial charge on any atom is -0.508 e. The number of aromatic hydroxyl groups is 1. The largest absolute Gasteiger partial charge is 0.508 e. The van der Waals surface area contributed by atoms with E-state index in [1.165, 1.54) is 42.1 Å². The van der Waals surface area contributed by atoms with Crippen molar-refractivity contribution in [2.24, 2.45) is 0 Å². The lowest BCUT2D eigenvalue weighted by molar-refractivity contribution is -0.387. The lowest BCUT2D eigenvalue weighted by Gasteiger charge is -2.03. The second-order valence-electron chi connectivity index (χ2n) is 3.65. The van der Waals surface area contributed by atoms with Gasteiger partial charge in [0.2, 0.25) is 0 Å². The first-order chi connectivity index (χ1) is 9.10. The first kappa shape index (κ1) is 12.9. The van der Waals surface area contributed by atoms with Crippen LogP contribution in [0.1, 0.15) is 5.56 Å². The van der Waals surface area contributed by atoms with Gasteiger partial charge in [0.25, 0.3) is 5.69 Å². The van der Waals surface area contributed by atoms with Gasteiger partial charge in [-0.05, 0) is 36.4 Å². The zero-order valence-corrected chi connectivity index (χ0v) is 10.4. The van der Waals surface area contributed by atoms with Crippen LogP contribution in [0.5, 0.6) is 5.75 Å². The molecule has 0 aliphatic heterocycles. The van der Waals surface area contributed by atoms with Crippen LogP contribution in [0, 0.1) is 21.4 Å². The maximum atomic E-state index is 10.9. The molecular formula is C13H8N2O3S. The summed E-state index contributed by atoms with van der Waals surface area (Å²) < 4.78 is 0. The van der Waals surface area contributed by atoms with Gasteiger partial charge in [-0.1, -0.05) is 11.8 Å². The Morgan fingerprint density at radius 2 is 1.89 bits per heavy atom. The molecule has 5 nitrogen and oxygen atoms in total. The van der Waals surface area contributed by atoms with Crippen LogP contribution in [-0.4, -0.2) is 10.0 Å². The molecule has 0 saturated carbocycles. The summed E-state index contributed by atoms with van der Waals surface area (Å²) in [5.74, 6) is 0.129. The number of hydrogen-bond acceptors (Lipinski definition) is 5. The number of nitriles is 1. The minimum absolute atomic E-state index is 0.0444. The molecule has 0 spiro atoms. The maximum Gasteiger partial charge on any atom is 0.283 e. The van der Waals surface area contributed by atoms with Crippen LogP contribution in [0.15, 0.2) is 52.3 Å². The Bertz CT molecular complexity index is 663. The lowest BCUT2D eigenvalue weighted by atomic mass is 10.2. The fraction of sp³-hybridized carbons (Fsp3) is 0.